The lowest BCUT2D eigenvalue weighted by Crippen LogP contribution is -2.38. The Kier molecular flexibility index (Phi) is 6.46. The normalized spacial score (nSPS) is 19.9. The van der Waals surface area contributed by atoms with Crippen molar-refractivity contribution in [2.75, 3.05) is 7.05 Å². The summed E-state index contributed by atoms with van der Waals surface area (Å²) in [5.41, 5.74) is 2.51. The number of aryl methyl sites for hydroxylation is 1. The Labute approximate surface area is 162 Å². The van der Waals surface area contributed by atoms with Crippen molar-refractivity contribution in [3.05, 3.63) is 52.3 Å². The first-order chi connectivity index (χ1) is 10.7. The van der Waals surface area contributed by atoms with Crippen LogP contribution < -0.4 is 10.6 Å². The van der Waals surface area contributed by atoms with E-state index in [9.17, 15) is 0 Å². The van der Waals surface area contributed by atoms with E-state index < -0.39 is 0 Å². The van der Waals surface area contributed by atoms with E-state index in [0.29, 0.717) is 18.5 Å². The molecule has 1 aliphatic rings. The molecule has 3 rings (SSSR count). The number of benzene rings is 1. The maximum atomic E-state index is 4.30. The molecule has 0 radical (unpaired) electrons. The molecule has 7 heteroatoms. The summed E-state index contributed by atoms with van der Waals surface area (Å²) in [5, 5.41) is 11.0. The van der Waals surface area contributed by atoms with Gasteiger partial charge in [0, 0.05) is 36.7 Å². The van der Waals surface area contributed by atoms with Gasteiger partial charge < -0.3 is 10.6 Å². The minimum atomic E-state index is 0. The topological polar surface area (TPSA) is 54.2 Å². The van der Waals surface area contributed by atoms with Crippen molar-refractivity contribution in [2.45, 2.75) is 24.9 Å². The molecule has 0 amide bonds. The van der Waals surface area contributed by atoms with Crippen molar-refractivity contribution in [3.63, 3.8) is 0 Å². The summed E-state index contributed by atoms with van der Waals surface area (Å²) in [6.45, 7) is 0.714. The maximum absolute atomic E-state index is 4.30. The lowest BCUT2D eigenvalue weighted by Gasteiger charge is -2.12. The molecule has 2 unspecified atom stereocenters. The highest BCUT2D eigenvalue weighted by Gasteiger charge is 2.38. The summed E-state index contributed by atoms with van der Waals surface area (Å²) in [6, 6.07) is 11.0. The van der Waals surface area contributed by atoms with Gasteiger partial charge in [-0.15, -0.1) is 24.0 Å². The fourth-order valence-corrected chi connectivity index (χ4v) is 2.82. The van der Waals surface area contributed by atoms with Crippen LogP contribution in [-0.4, -0.2) is 28.8 Å². The molecule has 2 atom stereocenters. The average Bonchev–Trinajstić information content (AvgIpc) is 3.17. The number of guanidine groups is 1. The van der Waals surface area contributed by atoms with E-state index in [1.807, 2.05) is 17.8 Å². The third kappa shape index (κ3) is 4.69. The summed E-state index contributed by atoms with van der Waals surface area (Å²) < 4.78 is 2.98. The van der Waals surface area contributed by atoms with Gasteiger partial charge in [0.15, 0.2) is 5.96 Å². The highest BCUT2D eigenvalue weighted by Crippen LogP contribution is 2.40. The molecule has 1 fully saturated rings. The van der Waals surface area contributed by atoms with Crippen LogP contribution in [0.1, 0.15) is 23.6 Å². The Bertz CT molecular complexity index is 667. The van der Waals surface area contributed by atoms with E-state index in [1.54, 1.807) is 13.2 Å². The Hall–Kier alpha value is -1.09. The Balaban J connectivity index is 0.00000192. The van der Waals surface area contributed by atoms with Crippen LogP contribution in [0.15, 0.2) is 46.0 Å². The van der Waals surface area contributed by atoms with E-state index in [4.69, 9.17) is 0 Å². The quantitative estimate of drug-likeness (QED) is 0.394. The first kappa shape index (κ1) is 18.3. The second kappa shape index (κ2) is 8.14. The first-order valence-electron chi connectivity index (χ1n) is 7.37. The molecule has 0 aliphatic heterocycles. The molecule has 124 valence electrons. The average molecular weight is 490 g/mol. The molecule has 0 bridgehead atoms. The molecule has 1 saturated carbocycles. The van der Waals surface area contributed by atoms with Crippen molar-refractivity contribution < 1.29 is 0 Å². The fraction of sp³-hybridized carbons (Fsp3) is 0.375. The van der Waals surface area contributed by atoms with E-state index in [0.717, 1.165) is 22.5 Å². The van der Waals surface area contributed by atoms with Crippen molar-refractivity contribution in [3.8, 4) is 0 Å². The highest BCUT2D eigenvalue weighted by atomic mass is 127. The van der Waals surface area contributed by atoms with Gasteiger partial charge >= 0.3 is 0 Å². The third-order valence-corrected chi connectivity index (χ3v) is 4.52. The maximum Gasteiger partial charge on any atom is 0.191 e. The number of halogens is 2. The largest absolute Gasteiger partial charge is 0.353 e. The molecular weight excluding hydrogens is 469 g/mol. The van der Waals surface area contributed by atoms with Gasteiger partial charge in [-0.05, 0) is 30.2 Å². The summed E-state index contributed by atoms with van der Waals surface area (Å²) in [5.74, 6) is 1.41. The second-order valence-corrected chi connectivity index (χ2v) is 6.43. The van der Waals surface area contributed by atoms with Gasteiger partial charge in [0.2, 0.25) is 0 Å². The molecule has 2 aromatic rings. The summed E-state index contributed by atoms with van der Waals surface area (Å²) in [6.07, 6.45) is 2.95. The molecule has 1 aromatic heterocycles. The number of hydrogen-bond acceptors (Lipinski definition) is 2. The predicted octanol–water partition coefficient (Wildman–Crippen LogP) is 3.02. The van der Waals surface area contributed by atoms with E-state index in [1.165, 1.54) is 5.56 Å². The summed E-state index contributed by atoms with van der Waals surface area (Å²) in [7, 11) is 3.74. The number of aromatic nitrogens is 2. The van der Waals surface area contributed by atoms with Crippen LogP contribution >= 0.6 is 39.9 Å². The molecular formula is C16H21BrIN5. The molecule has 1 aliphatic carbocycles. The van der Waals surface area contributed by atoms with Crippen LogP contribution in [0.25, 0.3) is 0 Å². The van der Waals surface area contributed by atoms with Crippen LogP contribution in [0.2, 0.25) is 0 Å². The SMILES string of the molecule is CN=C(NCc1ccnn1C)NC1CC1c1ccc(Br)cc1.I. The van der Waals surface area contributed by atoms with Crippen LogP contribution in [0.3, 0.4) is 0 Å². The van der Waals surface area contributed by atoms with Crippen molar-refractivity contribution in [1.82, 2.24) is 20.4 Å². The Morgan fingerprint density at radius 3 is 2.70 bits per heavy atom. The molecule has 0 spiro atoms. The van der Waals surface area contributed by atoms with Crippen LogP contribution in [-0.2, 0) is 13.6 Å². The first-order valence-corrected chi connectivity index (χ1v) is 8.16. The van der Waals surface area contributed by atoms with Crippen molar-refractivity contribution >= 4 is 45.9 Å². The van der Waals surface area contributed by atoms with E-state index >= 15 is 0 Å². The zero-order valence-electron chi connectivity index (χ0n) is 13.2. The molecule has 23 heavy (non-hydrogen) atoms. The van der Waals surface area contributed by atoms with Crippen LogP contribution in [0.5, 0.6) is 0 Å². The standard InChI is InChI=1S/C16H20BrN5.HI/c1-18-16(19-10-13-7-8-20-22(13)2)21-15-9-14(15)11-3-5-12(17)6-4-11;/h3-8,14-15H,9-10H2,1-2H3,(H2,18,19,21);1H. The molecule has 1 heterocycles. The number of hydrogen-bond donors (Lipinski definition) is 2. The predicted molar refractivity (Wildman–Crippen MR) is 107 cm³/mol. The van der Waals surface area contributed by atoms with Crippen molar-refractivity contribution in [2.24, 2.45) is 12.0 Å². The number of nitrogens with one attached hydrogen (secondary N) is 2. The number of nitrogens with zero attached hydrogens (tertiary/aromatic N) is 3. The Morgan fingerprint density at radius 2 is 2.09 bits per heavy atom. The van der Waals surface area contributed by atoms with Gasteiger partial charge in [-0.2, -0.15) is 5.10 Å². The summed E-state index contributed by atoms with van der Waals surface area (Å²) in [4.78, 5) is 4.30. The lowest BCUT2D eigenvalue weighted by molar-refractivity contribution is 0.683. The van der Waals surface area contributed by atoms with E-state index in [-0.39, 0.29) is 24.0 Å². The lowest BCUT2D eigenvalue weighted by atomic mass is 10.1. The second-order valence-electron chi connectivity index (χ2n) is 5.52. The zero-order chi connectivity index (χ0) is 15.5. The zero-order valence-corrected chi connectivity index (χ0v) is 17.1. The third-order valence-electron chi connectivity index (χ3n) is 3.99. The van der Waals surface area contributed by atoms with Crippen molar-refractivity contribution in [1.29, 1.82) is 0 Å². The molecule has 1 aromatic carbocycles. The van der Waals surface area contributed by atoms with Gasteiger partial charge in [-0.25, -0.2) is 0 Å². The number of aliphatic imine (C=N–C) groups is 1. The van der Waals surface area contributed by atoms with Gasteiger partial charge in [0.05, 0.1) is 12.2 Å². The summed E-state index contributed by atoms with van der Waals surface area (Å²) >= 11 is 3.47. The number of rotatable bonds is 4. The van der Waals surface area contributed by atoms with Crippen LogP contribution in [0.4, 0.5) is 0 Å². The van der Waals surface area contributed by atoms with Gasteiger partial charge in [-0.1, -0.05) is 28.1 Å². The van der Waals surface area contributed by atoms with E-state index in [2.05, 4.69) is 60.9 Å². The van der Waals surface area contributed by atoms with Gasteiger partial charge in [-0.3, -0.25) is 9.67 Å². The molecule has 0 saturated heterocycles. The highest BCUT2D eigenvalue weighted by molar-refractivity contribution is 14.0. The molecule has 5 nitrogen and oxygen atoms in total. The minimum absolute atomic E-state index is 0. The van der Waals surface area contributed by atoms with Crippen LogP contribution in [0, 0.1) is 0 Å². The van der Waals surface area contributed by atoms with Gasteiger partial charge in [0.25, 0.3) is 0 Å². The smallest absolute Gasteiger partial charge is 0.191 e. The minimum Gasteiger partial charge on any atom is -0.353 e. The molecule has 2 N–H and O–H groups in total. The fourth-order valence-electron chi connectivity index (χ4n) is 2.55. The monoisotopic (exact) mass is 489 g/mol. The van der Waals surface area contributed by atoms with Gasteiger partial charge in [0.1, 0.15) is 0 Å². The Morgan fingerprint density at radius 1 is 1.35 bits per heavy atom.